The van der Waals surface area contributed by atoms with Crippen molar-refractivity contribution in [2.45, 2.75) is 77.8 Å². The maximum atomic E-state index is 10.6. The molecule has 0 saturated heterocycles. The molecule has 0 radical (unpaired) electrons. The van der Waals surface area contributed by atoms with Gasteiger partial charge >= 0.3 is 5.97 Å². The van der Waals surface area contributed by atoms with E-state index in [0.717, 1.165) is 18.9 Å². The molecule has 1 aliphatic carbocycles. The van der Waals surface area contributed by atoms with Crippen LogP contribution in [0.1, 0.15) is 65.7 Å². The minimum Gasteiger partial charge on any atom is -0.481 e. The van der Waals surface area contributed by atoms with Crippen molar-refractivity contribution in [1.82, 2.24) is 4.90 Å². The predicted octanol–water partition coefficient (Wildman–Crippen LogP) is 3.53. The van der Waals surface area contributed by atoms with Crippen molar-refractivity contribution >= 4 is 5.97 Å². The van der Waals surface area contributed by atoms with Crippen LogP contribution in [0.3, 0.4) is 0 Å². The third-order valence-corrected chi connectivity index (χ3v) is 4.29. The van der Waals surface area contributed by atoms with Gasteiger partial charge in [0.05, 0.1) is 0 Å². The second-order valence-electron chi connectivity index (χ2n) is 5.85. The highest BCUT2D eigenvalue weighted by Crippen LogP contribution is 2.31. The first-order chi connectivity index (χ1) is 8.56. The molecule has 1 fully saturated rings. The molecule has 106 valence electrons. The molecule has 1 rings (SSSR count). The van der Waals surface area contributed by atoms with E-state index < -0.39 is 5.97 Å². The summed E-state index contributed by atoms with van der Waals surface area (Å²) in [4.78, 5) is 13.2. The van der Waals surface area contributed by atoms with Crippen LogP contribution in [-0.4, -0.2) is 34.6 Å². The van der Waals surface area contributed by atoms with Crippen molar-refractivity contribution in [1.29, 1.82) is 0 Å². The van der Waals surface area contributed by atoms with E-state index in [9.17, 15) is 4.79 Å². The van der Waals surface area contributed by atoms with Crippen molar-refractivity contribution < 1.29 is 9.90 Å². The van der Waals surface area contributed by atoms with Crippen molar-refractivity contribution in [2.75, 3.05) is 6.54 Å². The quantitative estimate of drug-likeness (QED) is 0.756. The third-order valence-electron chi connectivity index (χ3n) is 4.29. The van der Waals surface area contributed by atoms with Crippen LogP contribution in [-0.2, 0) is 4.79 Å². The van der Waals surface area contributed by atoms with Crippen LogP contribution in [0.15, 0.2) is 0 Å². The highest BCUT2D eigenvalue weighted by Gasteiger charge is 2.29. The van der Waals surface area contributed by atoms with E-state index in [1.54, 1.807) is 0 Å². The zero-order chi connectivity index (χ0) is 13.5. The van der Waals surface area contributed by atoms with E-state index in [4.69, 9.17) is 5.11 Å². The lowest BCUT2D eigenvalue weighted by Crippen LogP contribution is -2.46. The van der Waals surface area contributed by atoms with Gasteiger partial charge in [0.1, 0.15) is 0 Å². The molecule has 0 spiro atoms. The number of aliphatic carboxylic acids is 1. The SMILES string of the molecule is CCC1CCCCC1N(CCCC(=O)O)C(C)C. The van der Waals surface area contributed by atoms with Gasteiger partial charge in [-0.05, 0) is 45.6 Å². The molecule has 1 saturated carbocycles. The van der Waals surface area contributed by atoms with Crippen LogP contribution < -0.4 is 0 Å². The topological polar surface area (TPSA) is 40.5 Å². The zero-order valence-corrected chi connectivity index (χ0v) is 12.2. The molecule has 3 heteroatoms. The van der Waals surface area contributed by atoms with Gasteiger partial charge in [0.15, 0.2) is 0 Å². The van der Waals surface area contributed by atoms with E-state index in [1.807, 2.05) is 0 Å². The molecule has 1 N–H and O–H groups in total. The van der Waals surface area contributed by atoms with Gasteiger partial charge in [0.25, 0.3) is 0 Å². The molecule has 0 aromatic heterocycles. The van der Waals surface area contributed by atoms with Gasteiger partial charge in [-0.25, -0.2) is 0 Å². The molecule has 0 heterocycles. The van der Waals surface area contributed by atoms with E-state index in [0.29, 0.717) is 18.5 Å². The van der Waals surface area contributed by atoms with Crippen LogP contribution in [0.2, 0.25) is 0 Å². The lowest BCUT2D eigenvalue weighted by atomic mass is 9.81. The Morgan fingerprint density at radius 3 is 2.56 bits per heavy atom. The second-order valence-corrected chi connectivity index (χ2v) is 5.85. The molecule has 2 atom stereocenters. The Morgan fingerprint density at radius 1 is 1.33 bits per heavy atom. The summed E-state index contributed by atoms with van der Waals surface area (Å²) < 4.78 is 0. The Balaban J connectivity index is 2.55. The number of nitrogens with zero attached hydrogens (tertiary/aromatic N) is 1. The van der Waals surface area contributed by atoms with Gasteiger partial charge in [-0.1, -0.05) is 26.2 Å². The molecule has 18 heavy (non-hydrogen) atoms. The fourth-order valence-electron chi connectivity index (χ4n) is 3.32. The van der Waals surface area contributed by atoms with Gasteiger partial charge in [-0.2, -0.15) is 0 Å². The number of rotatable bonds is 7. The molecule has 0 aromatic rings. The average molecular weight is 255 g/mol. The molecule has 0 aromatic carbocycles. The summed E-state index contributed by atoms with van der Waals surface area (Å²) >= 11 is 0. The number of hydrogen-bond acceptors (Lipinski definition) is 2. The first kappa shape index (κ1) is 15.5. The lowest BCUT2D eigenvalue weighted by molar-refractivity contribution is -0.137. The van der Waals surface area contributed by atoms with Crippen molar-refractivity contribution in [3.8, 4) is 0 Å². The van der Waals surface area contributed by atoms with Gasteiger partial charge in [-0.3, -0.25) is 9.69 Å². The monoisotopic (exact) mass is 255 g/mol. The first-order valence-electron chi connectivity index (χ1n) is 7.53. The number of hydrogen-bond donors (Lipinski definition) is 1. The standard InChI is InChI=1S/C15H29NO2/c1-4-13-8-5-6-9-14(13)16(12(2)3)11-7-10-15(17)18/h12-14H,4-11H2,1-3H3,(H,17,18). The normalized spacial score (nSPS) is 24.7. The Kier molecular flexibility index (Phi) is 6.69. The second kappa shape index (κ2) is 7.78. The fraction of sp³-hybridized carbons (Fsp3) is 0.933. The predicted molar refractivity (Wildman–Crippen MR) is 74.7 cm³/mol. The summed E-state index contributed by atoms with van der Waals surface area (Å²) in [5.74, 6) is 0.139. The molecule has 0 aliphatic heterocycles. The summed E-state index contributed by atoms with van der Waals surface area (Å²) in [6.45, 7) is 7.70. The summed E-state index contributed by atoms with van der Waals surface area (Å²) in [6, 6.07) is 1.20. The molecular weight excluding hydrogens is 226 g/mol. The summed E-state index contributed by atoms with van der Waals surface area (Å²) in [5, 5.41) is 8.75. The van der Waals surface area contributed by atoms with Crippen LogP contribution in [0.5, 0.6) is 0 Å². The molecule has 1 aliphatic rings. The summed E-state index contributed by atoms with van der Waals surface area (Å²) in [7, 11) is 0. The van der Waals surface area contributed by atoms with E-state index >= 15 is 0 Å². The van der Waals surface area contributed by atoms with Gasteiger partial charge in [-0.15, -0.1) is 0 Å². The van der Waals surface area contributed by atoms with E-state index in [1.165, 1.54) is 32.1 Å². The fourth-order valence-corrected chi connectivity index (χ4v) is 3.32. The Labute approximate surface area is 112 Å². The zero-order valence-electron chi connectivity index (χ0n) is 12.2. The smallest absolute Gasteiger partial charge is 0.303 e. The van der Waals surface area contributed by atoms with Gasteiger partial charge in [0, 0.05) is 18.5 Å². The first-order valence-corrected chi connectivity index (χ1v) is 7.53. The van der Waals surface area contributed by atoms with Crippen LogP contribution >= 0.6 is 0 Å². The van der Waals surface area contributed by atoms with Crippen molar-refractivity contribution in [2.24, 2.45) is 5.92 Å². The molecule has 0 bridgehead atoms. The third kappa shape index (κ3) is 4.60. The van der Waals surface area contributed by atoms with Crippen molar-refractivity contribution in [3.63, 3.8) is 0 Å². The van der Waals surface area contributed by atoms with Crippen LogP contribution in [0.4, 0.5) is 0 Å². The van der Waals surface area contributed by atoms with Crippen LogP contribution in [0, 0.1) is 5.92 Å². The average Bonchev–Trinajstić information content (AvgIpc) is 2.34. The molecule has 0 amide bonds. The number of carboxylic acid groups (broad SMARTS) is 1. The number of carbonyl (C=O) groups is 1. The minimum absolute atomic E-state index is 0.298. The van der Waals surface area contributed by atoms with E-state index in [-0.39, 0.29) is 0 Å². The minimum atomic E-state index is -0.672. The van der Waals surface area contributed by atoms with E-state index in [2.05, 4.69) is 25.7 Å². The highest BCUT2D eigenvalue weighted by atomic mass is 16.4. The Bertz CT molecular complexity index is 253. The maximum Gasteiger partial charge on any atom is 0.303 e. The summed E-state index contributed by atoms with van der Waals surface area (Å²) in [6.07, 6.45) is 7.69. The van der Waals surface area contributed by atoms with Crippen molar-refractivity contribution in [3.05, 3.63) is 0 Å². The molecule has 3 nitrogen and oxygen atoms in total. The lowest BCUT2D eigenvalue weighted by Gasteiger charge is -2.42. The Hall–Kier alpha value is -0.570. The number of carboxylic acids is 1. The molecule has 2 unspecified atom stereocenters. The highest BCUT2D eigenvalue weighted by molar-refractivity contribution is 5.66. The Morgan fingerprint density at radius 2 is 2.00 bits per heavy atom. The van der Waals surface area contributed by atoms with Crippen LogP contribution in [0.25, 0.3) is 0 Å². The summed E-state index contributed by atoms with van der Waals surface area (Å²) in [5.41, 5.74) is 0. The maximum absolute atomic E-state index is 10.6. The molecular formula is C15H29NO2. The largest absolute Gasteiger partial charge is 0.481 e. The van der Waals surface area contributed by atoms with Gasteiger partial charge < -0.3 is 5.11 Å². The van der Waals surface area contributed by atoms with Gasteiger partial charge in [0.2, 0.25) is 0 Å².